The van der Waals surface area contributed by atoms with Crippen molar-refractivity contribution < 1.29 is 9.72 Å². The number of nitro groups is 1. The van der Waals surface area contributed by atoms with Crippen molar-refractivity contribution in [2.75, 3.05) is 5.32 Å². The lowest BCUT2D eigenvalue weighted by atomic mass is 10.1. The fraction of sp³-hybridized carbons (Fsp3) is 0.176. The van der Waals surface area contributed by atoms with E-state index < -0.39 is 4.92 Å². The summed E-state index contributed by atoms with van der Waals surface area (Å²) in [5, 5.41) is 19.3. The van der Waals surface area contributed by atoms with E-state index in [1.54, 1.807) is 12.3 Å². The van der Waals surface area contributed by atoms with E-state index in [1.165, 1.54) is 22.1 Å². The van der Waals surface area contributed by atoms with E-state index in [-0.39, 0.29) is 11.7 Å². The molecule has 0 atom stereocenters. The number of amides is 1. The lowest BCUT2D eigenvalue weighted by Crippen LogP contribution is -2.10. The van der Waals surface area contributed by atoms with Crippen LogP contribution in [0, 0.1) is 24.0 Å². The lowest BCUT2D eigenvalue weighted by Gasteiger charge is -2.06. The molecule has 0 fully saturated rings. The summed E-state index contributed by atoms with van der Waals surface area (Å²) in [6.07, 6.45) is 1.55. The van der Waals surface area contributed by atoms with Gasteiger partial charge in [-0.25, -0.2) is 0 Å². The molecule has 0 saturated carbocycles. The lowest BCUT2D eigenvalue weighted by molar-refractivity contribution is -0.389. The molecule has 128 valence electrons. The van der Waals surface area contributed by atoms with Crippen LogP contribution in [0.3, 0.4) is 0 Å². The Bertz CT molecular complexity index is 925. The number of benzene rings is 1. The van der Waals surface area contributed by atoms with Crippen molar-refractivity contribution in [3.05, 3.63) is 73.6 Å². The van der Waals surface area contributed by atoms with Crippen molar-refractivity contribution in [2.45, 2.75) is 20.4 Å². The summed E-state index contributed by atoms with van der Waals surface area (Å²) in [6, 6.07) is 9.00. The van der Waals surface area contributed by atoms with Crippen molar-refractivity contribution >= 4 is 28.7 Å². The normalized spacial score (nSPS) is 10.6. The van der Waals surface area contributed by atoms with Crippen LogP contribution in [0.25, 0.3) is 0 Å². The van der Waals surface area contributed by atoms with Crippen LogP contribution in [0.1, 0.15) is 26.4 Å². The molecule has 2 aromatic heterocycles. The zero-order valence-electron chi connectivity index (χ0n) is 13.7. The van der Waals surface area contributed by atoms with Crippen molar-refractivity contribution in [3.63, 3.8) is 0 Å². The zero-order chi connectivity index (χ0) is 18.0. The Labute approximate surface area is 148 Å². The molecule has 0 saturated heterocycles. The number of rotatable bonds is 5. The molecule has 0 unspecified atom stereocenters. The largest absolute Gasteiger partial charge is 0.389 e. The molecule has 8 heteroatoms. The van der Waals surface area contributed by atoms with Gasteiger partial charge < -0.3 is 15.4 Å². The molecule has 2 heterocycles. The van der Waals surface area contributed by atoms with Crippen LogP contribution in [0.5, 0.6) is 0 Å². The van der Waals surface area contributed by atoms with Gasteiger partial charge >= 0.3 is 5.82 Å². The highest BCUT2D eigenvalue weighted by molar-refractivity contribution is 7.12. The van der Waals surface area contributed by atoms with Crippen molar-refractivity contribution in [1.82, 2.24) is 9.78 Å². The maximum atomic E-state index is 12.4. The number of nitrogens with zero attached hydrogens (tertiary/aromatic N) is 3. The summed E-state index contributed by atoms with van der Waals surface area (Å²) in [6.45, 7) is 4.34. The molecule has 3 aromatic rings. The standard InChI is InChI=1S/C17H16N4O3S/c1-11-5-12(2)7-14(6-11)18-17(22)15-8-13(10-25-15)9-20-4-3-16(19-20)21(23)24/h3-8,10H,9H2,1-2H3,(H,18,22). The number of carbonyl (C=O) groups excluding carboxylic acids is 1. The first-order valence-corrected chi connectivity index (χ1v) is 8.43. The fourth-order valence-corrected chi connectivity index (χ4v) is 3.34. The van der Waals surface area contributed by atoms with Gasteiger partial charge in [-0.2, -0.15) is 4.68 Å². The first kappa shape index (κ1) is 16.8. The Morgan fingerprint density at radius 1 is 1.28 bits per heavy atom. The van der Waals surface area contributed by atoms with Gasteiger partial charge in [-0.1, -0.05) is 6.07 Å². The van der Waals surface area contributed by atoms with E-state index >= 15 is 0 Å². The van der Waals surface area contributed by atoms with Crippen LogP contribution in [0.2, 0.25) is 0 Å². The van der Waals surface area contributed by atoms with E-state index in [9.17, 15) is 14.9 Å². The van der Waals surface area contributed by atoms with Crippen LogP contribution in [0.15, 0.2) is 41.9 Å². The first-order chi connectivity index (χ1) is 11.9. The summed E-state index contributed by atoms with van der Waals surface area (Å²) >= 11 is 1.33. The quantitative estimate of drug-likeness (QED) is 0.556. The van der Waals surface area contributed by atoms with E-state index in [0.717, 1.165) is 22.4 Å². The molecule has 0 bridgehead atoms. The predicted molar refractivity (Wildman–Crippen MR) is 96.2 cm³/mol. The molecule has 0 aliphatic heterocycles. The van der Waals surface area contributed by atoms with Gasteiger partial charge in [0.15, 0.2) is 0 Å². The molecular weight excluding hydrogens is 340 g/mol. The van der Waals surface area contributed by atoms with Gasteiger partial charge in [0.05, 0.1) is 28.8 Å². The van der Waals surface area contributed by atoms with E-state index in [1.807, 2.05) is 37.4 Å². The third-order valence-electron chi connectivity index (χ3n) is 3.52. The van der Waals surface area contributed by atoms with E-state index in [4.69, 9.17) is 0 Å². The Kier molecular flexibility index (Phi) is 4.62. The Morgan fingerprint density at radius 2 is 2.00 bits per heavy atom. The second-order valence-corrected chi connectivity index (χ2v) is 6.69. The smallest absolute Gasteiger partial charge is 0.358 e. The number of hydrogen-bond donors (Lipinski definition) is 1. The summed E-state index contributed by atoms with van der Waals surface area (Å²) in [5.41, 5.74) is 3.80. The Morgan fingerprint density at radius 3 is 2.64 bits per heavy atom. The highest BCUT2D eigenvalue weighted by Gasteiger charge is 2.14. The van der Waals surface area contributed by atoms with Crippen molar-refractivity contribution in [1.29, 1.82) is 0 Å². The summed E-state index contributed by atoms with van der Waals surface area (Å²) in [4.78, 5) is 23.1. The minimum atomic E-state index is -0.535. The van der Waals surface area contributed by atoms with Gasteiger partial charge in [-0.15, -0.1) is 11.3 Å². The molecule has 1 amide bonds. The second-order valence-electron chi connectivity index (χ2n) is 5.78. The van der Waals surface area contributed by atoms with Crippen LogP contribution in [0.4, 0.5) is 11.5 Å². The number of carbonyl (C=O) groups is 1. The van der Waals surface area contributed by atoms with Gasteiger partial charge in [-0.05, 0) is 59.0 Å². The van der Waals surface area contributed by atoms with Gasteiger partial charge in [0.1, 0.15) is 0 Å². The topological polar surface area (TPSA) is 90.1 Å². The zero-order valence-corrected chi connectivity index (χ0v) is 14.5. The molecule has 0 aliphatic rings. The monoisotopic (exact) mass is 356 g/mol. The molecular formula is C17H16N4O3S. The summed E-state index contributed by atoms with van der Waals surface area (Å²) < 4.78 is 1.48. The number of thiophene rings is 1. The highest BCUT2D eigenvalue weighted by atomic mass is 32.1. The summed E-state index contributed by atoms with van der Waals surface area (Å²) in [5.74, 6) is -0.365. The molecule has 1 N–H and O–H groups in total. The Balaban J connectivity index is 1.69. The van der Waals surface area contributed by atoms with Crippen LogP contribution >= 0.6 is 11.3 Å². The highest BCUT2D eigenvalue weighted by Crippen LogP contribution is 2.20. The van der Waals surface area contributed by atoms with Crippen LogP contribution in [-0.2, 0) is 6.54 Å². The first-order valence-electron chi connectivity index (χ1n) is 7.55. The van der Waals surface area contributed by atoms with E-state index in [0.29, 0.717) is 11.4 Å². The van der Waals surface area contributed by atoms with Gasteiger partial charge in [-0.3, -0.25) is 4.79 Å². The van der Waals surface area contributed by atoms with Gasteiger partial charge in [0.25, 0.3) is 5.91 Å². The SMILES string of the molecule is Cc1cc(C)cc(NC(=O)c2cc(Cn3ccc([N+](=O)[O-])n3)cs2)c1. The maximum Gasteiger partial charge on any atom is 0.389 e. The molecule has 0 aliphatic carbocycles. The number of nitrogens with one attached hydrogen (secondary N) is 1. The number of aryl methyl sites for hydroxylation is 2. The molecule has 7 nitrogen and oxygen atoms in total. The van der Waals surface area contributed by atoms with Crippen LogP contribution < -0.4 is 5.32 Å². The summed E-state index contributed by atoms with van der Waals surface area (Å²) in [7, 11) is 0. The molecule has 25 heavy (non-hydrogen) atoms. The average Bonchev–Trinajstić information content (AvgIpc) is 3.16. The number of hydrogen-bond acceptors (Lipinski definition) is 5. The predicted octanol–water partition coefficient (Wildman–Crippen LogP) is 3.77. The number of aromatic nitrogens is 2. The second kappa shape index (κ2) is 6.86. The minimum absolute atomic E-state index is 0.173. The molecule has 3 rings (SSSR count). The molecule has 1 aromatic carbocycles. The fourth-order valence-electron chi connectivity index (χ4n) is 2.54. The number of anilines is 1. The van der Waals surface area contributed by atoms with Crippen molar-refractivity contribution in [2.24, 2.45) is 0 Å². The van der Waals surface area contributed by atoms with Gasteiger partial charge in [0.2, 0.25) is 0 Å². The maximum absolute atomic E-state index is 12.4. The van der Waals surface area contributed by atoms with E-state index in [2.05, 4.69) is 10.4 Å². The average molecular weight is 356 g/mol. The Hall–Kier alpha value is -3.00. The molecule has 0 spiro atoms. The van der Waals surface area contributed by atoms with Gasteiger partial charge in [0, 0.05) is 5.69 Å². The third-order valence-corrected chi connectivity index (χ3v) is 4.49. The minimum Gasteiger partial charge on any atom is -0.358 e. The third kappa shape index (κ3) is 4.10. The van der Waals surface area contributed by atoms with Crippen LogP contribution in [-0.4, -0.2) is 20.6 Å². The molecule has 0 radical (unpaired) electrons. The van der Waals surface area contributed by atoms with Crippen molar-refractivity contribution in [3.8, 4) is 0 Å².